The molecule has 4 heterocycles. The Balaban J connectivity index is 0.669. The summed E-state index contributed by atoms with van der Waals surface area (Å²) < 4.78 is 35.2. The second-order valence-corrected chi connectivity index (χ2v) is 21.5. The maximum atomic E-state index is 13.5. The maximum Gasteiger partial charge on any atom is 0.326 e. The quantitative estimate of drug-likeness (QED) is 0.0246. The van der Waals surface area contributed by atoms with Crippen molar-refractivity contribution >= 4 is 98.1 Å². The van der Waals surface area contributed by atoms with Crippen LogP contribution < -0.4 is 42.6 Å². The van der Waals surface area contributed by atoms with E-state index in [2.05, 4.69) is 40.9 Å². The average Bonchev–Trinajstić information content (AvgIpc) is 1.97. The zero-order chi connectivity index (χ0) is 61.9. The Morgan fingerprint density at radius 2 is 1.38 bits per heavy atom. The van der Waals surface area contributed by atoms with Gasteiger partial charge < -0.3 is 70.8 Å². The van der Waals surface area contributed by atoms with Gasteiger partial charge in [-0.1, -0.05) is 60.8 Å². The van der Waals surface area contributed by atoms with Gasteiger partial charge in [0.2, 0.25) is 11.9 Å². The first kappa shape index (κ1) is 65.7. The van der Waals surface area contributed by atoms with E-state index >= 15 is 0 Å². The third-order valence-electron chi connectivity index (χ3n) is 12.9. The number of amides is 3. The molecule has 26 nitrogen and oxygen atoms in total. The smallest absolute Gasteiger partial charge is 0.326 e. The first-order valence-electron chi connectivity index (χ1n) is 27.4. The van der Waals surface area contributed by atoms with Gasteiger partial charge in [-0.05, 0) is 80.3 Å². The molecular weight excluding hydrogens is 1180 g/mol. The molecule has 7 aromatic rings. The average molecular weight is 1250 g/mol. The fourth-order valence-electron chi connectivity index (χ4n) is 8.50. The molecule has 3 amide bonds. The molecule has 0 aliphatic carbocycles. The summed E-state index contributed by atoms with van der Waals surface area (Å²) in [5, 5.41) is 23.7. The van der Waals surface area contributed by atoms with Crippen LogP contribution in [0.3, 0.4) is 0 Å². The molecule has 4 aromatic heterocycles. The van der Waals surface area contributed by atoms with Crippen molar-refractivity contribution < 1.29 is 52.7 Å². The summed E-state index contributed by atoms with van der Waals surface area (Å²) in [6.07, 6.45) is 1.58. The van der Waals surface area contributed by atoms with Crippen LogP contribution in [0.5, 0.6) is 5.75 Å². The summed E-state index contributed by atoms with van der Waals surface area (Å²) in [5.74, 6) is -1.70. The second kappa shape index (κ2) is 31.5. The summed E-state index contributed by atoms with van der Waals surface area (Å²) in [7, 11) is 1.82. The summed E-state index contributed by atoms with van der Waals surface area (Å²) in [4.78, 5) is 90.1. The first-order valence-corrected chi connectivity index (χ1v) is 28.6. The van der Waals surface area contributed by atoms with Crippen molar-refractivity contribution in [2.24, 2.45) is 0 Å². The standard InChI is InChI=1S/C57H69Cl3N14O12/c1-33(2)46-45-51(74(72-46)48-40(59)29-36(58)30-41(48)60)68-43(69-53(45)77)28-34-6-12-39(13-7-34)86-57(3,4)55(80)64-17-19-82-21-23-84-25-27-85-26-24-83-22-20-81-18-16-63-44(75)15-14-42(54(78)79)67-52(76)35-8-10-38(11-9-35)73(5)32-37-31-65-50-47(66-37)49(61)70-56(62)71-50/h6-13,29-31,33,42H,14-28,32H2,1-5H3,(H,63,75)(H,64,80)(H,67,76)(H,78,79)(H,68,69,77)(H4,61,62,65,70,71)/t42-/m0/s1. The molecule has 0 fully saturated rings. The molecule has 0 saturated heterocycles. The van der Waals surface area contributed by atoms with Crippen molar-refractivity contribution in [1.82, 2.24) is 55.6 Å². The lowest BCUT2D eigenvalue weighted by atomic mass is 10.1. The molecule has 0 saturated carbocycles. The number of hydrogen-bond donors (Lipinski definition) is 7. The van der Waals surface area contributed by atoms with Crippen molar-refractivity contribution in [3.8, 4) is 11.4 Å². The van der Waals surface area contributed by atoms with Crippen LogP contribution in [-0.2, 0) is 51.0 Å². The molecule has 0 aliphatic heterocycles. The Bertz CT molecular complexity index is 3500. The number of rotatable bonds is 34. The van der Waals surface area contributed by atoms with Crippen LogP contribution in [0.2, 0.25) is 15.1 Å². The zero-order valence-electron chi connectivity index (χ0n) is 48.1. The van der Waals surface area contributed by atoms with E-state index in [1.165, 1.54) is 4.68 Å². The van der Waals surface area contributed by atoms with Crippen LogP contribution in [-0.4, -0.2) is 166 Å². The van der Waals surface area contributed by atoms with Crippen molar-refractivity contribution in [2.45, 2.75) is 71.1 Å². The number of carboxylic acids is 1. The molecule has 29 heteroatoms. The highest BCUT2D eigenvalue weighted by Gasteiger charge is 2.30. The number of aliphatic carboxylic acids is 1. The van der Waals surface area contributed by atoms with Gasteiger partial charge in [-0.2, -0.15) is 15.1 Å². The van der Waals surface area contributed by atoms with E-state index in [0.717, 1.165) is 11.3 Å². The Labute approximate surface area is 509 Å². The maximum absolute atomic E-state index is 13.5. The Hall–Kier alpha value is -7.82. The molecule has 0 bridgehead atoms. The van der Waals surface area contributed by atoms with Gasteiger partial charge >= 0.3 is 5.97 Å². The molecule has 0 spiro atoms. The van der Waals surface area contributed by atoms with Gasteiger partial charge in [-0.25, -0.2) is 24.4 Å². The lowest BCUT2D eigenvalue weighted by Gasteiger charge is -2.25. The van der Waals surface area contributed by atoms with E-state index in [0.29, 0.717) is 103 Å². The number of aromatic nitrogens is 8. The van der Waals surface area contributed by atoms with Gasteiger partial charge in [0.05, 0.1) is 100 Å². The minimum Gasteiger partial charge on any atom is -0.480 e. The predicted octanol–water partition coefficient (Wildman–Crippen LogP) is 5.45. The minimum atomic E-state index is -1.29. The SMILES string of the molecule is CC(C)c1nn(-c2c(Cl)cc(Cl)cc2Cl)c2nc(Cc3ccc(OC(C)(C)C(=O)NCCOCCOCCOCCOCCOCCNC(=O)CC[C@H](NC(=O)c4ccc(N(C)Cc5cnc6nc(N)nc(N)c6n5)cc4)C(=O)O)cc3)[nH]c(=O)c12. The number of carbonyl (C=O) groups excluding carboxylic acids is 3. The number of hydrogen-bond acceptors (Lipinski definition) is 20. The van der Waals surface area contributed by atoms with Crippen LogP contribution in [0.15, 0.2) is 71.7 Å². The van der Waals surface area contributed by atoms with Crippen molar-refractivity contribution in [2.75, 3.05) is 103 Å². The Morgan fingerprint density at radius 1 is 0.791 bits per heavy atom. The minimum absolute atomic E-state index is 0.000790. The molecule has 1 atom stereocenters. The summed E-state index contributed by atoms with van der Waals surface area (Å²) >= 11 is 19.3. The number of nitrogen functional groups attached to an aromatic ring is 2. The Morgan fingerprint density at radius 3 is 1.98 bits per heavy atom. The van der Waals surface area contributed by atoms with Gasteiger partial charge in [-0.15, -0.1) is 0 Å². The van der Waals surface area contributed by atoms with E-state index in [9.17, 15) is 29.1 Å². The fourth-order valence-corrected chi connectivity index (χ4v) is 9.48. The number of halogens is 3. The van der Waals surface area contributed by atoms with Crippen molar-refractivity contribution in [1.29, 1.82) is 0 Å². The molecule has 0 unspecified atom stereocenters. The number of H-pyrrole nitrogens is 1. The highest BCUT2D eigenvalue weighted by atomic mass is 35.5. The third-order valence-corrected chi connectivity index (χ3v) is 13.7. The number of anilines is 3. The van der Waals surface area contributed by atoms with Gasteiger partial charge in [-0.3, -0.25) is 19.2 Å². The number of benzene rings is 3. The highest BCUT2D eigenvalue weighted by molar-refractivity contribution is 6.40. The van der Waals surface area contributed by atoms with E-state index in [1.807, 2.05) is 37.9 Å². The van der Waals surface area contributed by atoms with Gasteiger partial charge in [0.15, 0.2) is 28.2 Å². The zero-order valence-corrected chi connectivity index (χ0v) is 50.4. The monoisotopic (exact) mass is 1250 g/mol. The fraction of sp³-hybridized carbons (Fsp3) is 0.421. The lowest BCUT2D eigenvalue weighted by molar-refractivity contribution is -0.139. The van der Waals surface area contributed by atoms with Crippen LogP contribution in [0.1, 0.15) is 79.6 Å². The number of aromatic amines is 1. The third kappa shape index (κ3) is 18.8. The summed E-state index contributed by atoms with van der Waals surface area (Å²) in [5.41, 5.74) is 14.3. The number of fused-ring (bicyclic) bond motifs is 2. The number of carbonyl (C=O) groups is 4. The molecule has 0 radical (unpaired) electrons. The topological polar surface area (TPSA) is 350 Å². The van der Waals surface area contributed by atoms with E-state index < -0.39 is 23.5 Å². The highest BCUT2D eigenvalue weighted by Crippen LogP contribution is 2.35. The summed E-state index contributed by atoms with van der Waals surface area (Å²) in [6, 6.07) is 15.5. The van der Waals surface area contributed by atoms with E-state index in [-0.39, 0.29) is 108 Å². The lowest BCUT2D eigenvalue weighted by Crippen LogP contribution is -2.47. The molecular formula is C57H69Cl3N14O12. The van der Waals surface area contributed by atoms with E-state index in [4.69, 9.17) is 84.8 Å². The van der Waals surface area contributed by atoms with Gasteiger partial charge in [0, 0.05) is 49.3 Å². The molecule has 0 aliphatic rings. The molecule has 7 rings (SSSR count). The van der Waals surface area contributed by atoms with Crippen LogP contribution >= 0.6 is 34.8 Å². The van der Waals surface area contributed by atoms with Gasteiger partial charge in [0.25, 0.3) is 17.4 Å². The van der Waals surface area contributed by atoms with Gasteiger partial charge in [0.1, 0.15) is 28.7 Å². The van der Waals surface area contributed by atoms with Crippen molar-refractivity contribution in [3.05, 3.63) is 121 Å². The van der Waals surface area contributed by atoms with Crippen LogP contribution in [0.4, 0.5) is 17.5 Å². The van der Waals surface area contributed by atoms with Crippen LogP contribution in [0, 0.1) is 0 Å². The molecule has 3 aromatic carbocycles. The van der Waals surface area contributed by atoms with Crippen LogP contribution in [0.25, 0.3) is 27.9 Å². The molecule has 460 valence electrons. The molecule has 9 N–H and O–H groups in total. The summed E-state index contributed by atoms with van der Waals surface area (Å²) in [6.45, 7) is 11.1. The number of nitrogens with zero attached hydrogens (tertiary/aromatic N) is 8. The number of nitrogens with two attached hydrogens (primary N) is 2. The number of ether oxygens (including phenoxy) is 6. The molecule has 86 heavy (non-hydrogen) atoms. The van der Waals surface area contributed by atoms with Crippen molar-refractivity contribution in [3.63, 3.8) is 0 Å². The van der Waals surface area contributed by atoms with E-state index in [1.54, 1.807) is 68.6 Å². The normalized spacial score (nSPS) is 12.0. The largest absolute Gasteiger partial charge is 0.480 e. The number of nitrogens with one attached hydrogen (secondary N) is 4. The second-order valence-electron chi connectivity index (χ2n) is 20.3. The predicted molar refractivity (Wildman–Crippen MR) is 323 cm³/mol. The number of carboxylic acid groups (broad SMARTS) is 1. The Kier molecular flexibility index (Phi) is 24.1. The first-order chi connectivity index (χ1) is 41.2.